The summed E-state index contributed by atoms with van der Waals surface area (Å²) in [5, 5.41) is 15.4. The Labute approximate surface area is 149 Å². The van der Waals surface area contributed by atoms with Crippen LogP contribution in [0.15, 0.2) is 54.6 Å². The average Bonchev–Trinajstić information content (AvgIpc) is 3.05. The van der Waals surface area contributed by atoms with Crippen molar-refractivity contribution in [3.8, 4) is 5.75 Å². The van der Waals surface area contributed by atoms with Gasteiger partial charge in [0.1, 0.15) is 17.4 Å². The molecule has 128 valence electrons. The van der Waals surface area contributed by atoms with Gasteiger partial charge in [0.15, 0.2) is 5.01 Å². The lowest BCUT2D eigenvalue weighted by Gasteiger charge is -2.09. The summed E-state index contributed by atoms with van der Waals surface area (Å²) in [6.45, 7) is 2.71. The van der Waals surface area contributed by atoms with Gasteiger partial charge < -0.3 is 15.4 Å². The zero-order valence-electron chi connectivity index (χ0n) is 13.7. The minimum Gasteiger partial charge on any atom is -0.486 e. The SMILES string of the molecule is Cc1nnc(COc2cccc(CNC(=O)Nc3ccccc3)c2)s1. The van der Waals surface area contributed by atoms with Crippen molar-refractivity contribution in [1.29, 1.82) is 0 Å². The third kappa shape index (κ3) is 5.29. The van der Waals surface area contributed by atoms with Gasteiger partial charge in [-0.15, -0.1) is 10.2 Å². The first-order chi connectivity index (χ1) is 12.2. The number of hydrogen-bond acceptors (Lipinski definition) is 5. The molecule has 1 heterocycles. The first-order valence-electron chi connectivity index (χ1n) is 7.80. The minimum absolute atomic E-state index is 0.248. The number of hydrogen-bond donors (Lipinski definition) is 2. The van der Waals surface area contributed by atoms with Gasteiger partial charge in [-0.25, -0.2) is 4.79 Å². The predicted octanol–water partition coefficient (Wildman–Crippen LogP) is 3.75. The van der Waals surface area contributed by atoms with E-state index in [1.54, 1.807) is 0 Å². The van der Waals surface area contributed by atoms with Crippen molar-refractivity contribution in [2.75, 3.05) is 5.32 Å². The quantitative estimate of drug-likeness (QED) is 0.707. The molecule has 0 radical (unpaired) electrons. The lowest BCUT2D eigenvalue weighted by molar-refractivity contribution is 0.251. The Morgan fingerprint density at radius 2 is 1.96 bits per heavy atom. The molecular formula is C18H18N4O2S. The number of benzene rings is 2. The van der Waals surface area contributed by atoms with Crippen LogP contribution in [0.3, 0.4) is 0 Å². The maximum atomic E-state index is 11.9. The minimum atomic E-state index is -0.248. The molecule has 0 aliphatic carbocycles. The number of nitrogens with one attached hydrogen (secondary N) is 2. The van der Waals surface area contributed by atoms with E-state index in [9.17, 15) is 4.79 Å². The number of carbonyl (C=O) groups excluding carboxylic acids is 1. The Hall–Kier alpha value is -2.93. The van der Waals surface area contributed by atoms with Gasteiger partial charge in [-0.05, 0) is 36.8 Å². The van der Waals surface area contributed by atoms with Crippen LogP contribution >= 0.6 is 11.3 Å². The van der Waals surface area contributed by atoms with Crippen molar-refractivity contribution in [1.82, 2.24) is 15.5 Å². The topological polar surface area (TPSA) is 76.1 Å². The molecule has 3 rings (SSSR count). The number of carbonyl (C=O) groups is 1. The molecule has 0 aliphatic rings. The van der Waals surface area contributed by atoms with E-state index in [4.69, 9.17) is 4.74 Å². The highest BCUT2D eigenvalue weighted by molar-refractivity contribution is 7.11. The first-order valence-corrected chi connectivity index (χ1v) is 8.61. The Kier molecular flexibility index (Phi) is 5.58. The third-order valence-electron chi connectivity index (χ3n) is 3.31. The lowest BCUT2D eigenvalue weighted by Crippen LogP contribution is -2.28. The summed E-state index contributed by atoms with van der Waals surface area (Å²) < 4.78 is 5.73. The van der Waals surface area contributed by atoms with E-state index in [-0.39, 0.29) is 6.03 Å². The van der Waals surface area contributed by atoms with Crippen LogP contribution in [0.1, 0.15) is 15.6 Å². The van der Waals surface area contributed by atoms with E-state index in [0.29, 0.717) is 13.2 Å². The molecule has 2 amide bonds. The van der Waals surface area contributed by atoms with Gasteiger partial charge in [0.2, 0.25) is 0 Å². The number of amides is 2. The summed E-state index contributed by atoms with van der Waals surface area (Å²) in [6, 6.07) is 16.7. The fourth-order valence-electron chi connectivity index (χ4n) is 2.17. The number of ether oxygens (including phenoxy) is 1. The number of aryl methyl sites for hydroxylation is 1. The largest absolute Gasteiger partial charge is 0.486 e. The number of urea groups is 1. The maximum absolute atomic E-state index is 11.9. The monoisotopic (exact) mass is 354 g/mol. The summed E-state index contributed by atoms with van der Waals surface area (Å²) in [6.07, 6.45) is 0. The van der Waals surface area contributed by atoms with Crippen LogP contribution < -0.4 is 15.4 Å². The summed E-state index contributed by atoms with van der Waals surface area (Å²) in [4.78, 5) is 11.9. The van der Waals surface area contributed by atoms with Gasteiger partial charge >= 0.3 is 6.03 Å². The van der Waals surface area contributed by atoms with Crippen LogP contribution in [0.5, 0.6) is 5.75 Å². The normalized spacial score (nSPS) is 10.3. The van der Waals surface area contributed by atoms with Crippen molar-refractivity contribution >= 4 is 23.1 Å². The zero-order valence-corrected chi connectivity index (χ0v) is 14.5. The van der Waals surface area contributed by atoms with Crippen LogP contribution in [-0.4, -0.2) is 16.2 Å². The van der Waals surface area contributed by atoms with Crippen LogP contribution in [0.4, 0.5) is 10.5 Å². The average molecular weight is 354 g/mol. The van der Waals surface area contributed by atoms with Gasteiger partial charge in [-0.1, -0.05) is 41.7 Å². The number of aromatic nitrogens is 2. The van der Waals surface area contributed by atoms with E-state index >= 15 is 0 Å². The van der Waals surface area contributed by atoms with E-state index in [1.165, 1.54) is 11.3 Å². The molecule has 6 nitrogen and oxygen atoms in total. The summed E-state index contributed by atoms with van der Waals surface area (Å²) in [5.74, 6) is 0.732. The third-order valence-corrected chi connectivity index (χ3v) is 4.13. The maximum Gasteiger partial charge on any atom is 0.319 e. The first kappa shape index (κ1) is 16.9. The van der Waals surface area contributed by atoms with E-state index in [1.807, 2.05) is 61.5 Å². The fraction of sp³-hybridized carbons (Fsp3) is 0.167. The smallest absolute Gasteiger partial charge is 0.319 e. The molecule has 3 aromatic rings. The number of anilines is 1. The standard InChI is InChI=1S/C18H18N4O2S/c1-13-21-22-17(25-13)12-24-16-9-5-6-14(10-16)11-19-18(23)20-15-7-3-2-4-8-15/h2-10H,11-12H2,1H3,(H2,19,20,23). The molecule has 0 spiro atoms. The molecule has 0 bridgehead atoms. The van der Waals surface area contributed by atoms with Crippen LogP contribution in [0.2, 0.25) is 0 Å². The summed E-state index contributed by atoms with van der Waals surface area (Å²) in [7, 11) is 0. The molecule has 1 aromatic heterocycles. The number of rotatable bonds is 6. The molecule has 2 aromatic carbocycles. The lowest BCUT2D eigenvalue weighted by atomic mass is 10.2. The van der Waals surface area contributed by atoms with Crippen molar-refractivity contribution in [2.45, 2.75) is 20.1 Å². The van der Waals surface area contributed by atoms with E-state index < -0.39 is 0 Å². The molecule has 0 unspecified atom stereocenters. The van der Waals surface area contributed by atoms with Crippen LogP contribution in [-0.2, 0) is 13.2 Å². The Morgan fingerprint density at radius 3 is 2.72 bits per heavy atom. The predicted molar refractivity (Wildman–Crippen MR) is 97.7 cm³/mol. The molecule has 7 heteroatoms. The van der Waals surface area contributed by atoms with Gasteiger partial charge in [-0.3, -0.25) is 0 Å². The molecule has 25 heavy (non-hydrogen) atoms. The van der Waals surface area contributed by atoms with Crippen LogP contribution in [0.25, 0.3) is 0 Å². The summed E-state index contributed by atoms with van der Waals surface area (Å²) in [5.41, 5.74) is 1.71. The van der Waals surface area contributed by atoms with Crippen molar-refractivity contribution in [2.24, 2.45) is 0 Å². The van der Waals surface area contributed by atoms with Gasteiger partial charge in [0, 0.05) is 12.2 Å². The molecular weight excluding hydrogens is 336 g/mol. The molecule has 0 saturated heterocycles. The Balaban J connectivity index is 1.50. The fourth-order valence-corrected chi connectivity index (χ4v) is 2.79. The van der Waals surface area contributed by atoms with Crippen molar-refractivity contribution in [3.63, 3.8) is 0 Å². The second-order valence-electron chi connectivity index (χ2n) is 5.32. The Bertz CT molecular complexity index is 836. The highest BCUT2D eigenvalue weighted by atomic mass is 32.1. The van der Waals surface area contributed by atoms with Crippen molar-refractivity contribution in [3.05, 3.63) is 70.2 Å². The van der Waals surface area contributed by atoms with Gasteiger partial charge in [0.05, 0.1) is 0 Å². The molecule has 0 aliphatic heterocycles. The highest BCUT2D eigenvalue weighted by Gasteiger charge is 2.04. The second-order valence-corrected chi connectivity index (χ2v) is 6.59. The molecule has 0 fully saturated rings. The van der Waals surface area contributed by atoms with Gasteiger partial charge in [0.25, 0.3) is 0 Å². The molecule has 0 atom stereocenters. The van der Waals surface area contributed by atoms with Gasteiger partial charge in [-0.2, -0.15) is 0 Å². The molecule has 2 N–H and O–H groups in total. The van der Waals surface area contributed by atoms with Crippen LogP contribution in [0, 0.1) is 6.92 Å². The highest BCUT2D eigenvalue weighted by Crippen LogP contribution is 2.16. The van der Waals surface area contributed by atoms with Crippen molar-refractivity contribution < 1.29 is 9.53 Å². The van der Waals surface area contributed by atoms with E-state index in [2.05, 4.69) is 20.8 Å². The van der Waals surface area contributed by atoms with E-state index in [0.717, 1.165) is 27.0 Å². The Morgan fingerprint density at radius 1 is 1.12 bits per heavy atom. The second kappa shape index (κ2) is 8.25. The number of nitrogens with zero attached hydrogens (tertiary/aromatic N) is 2. The molecule has 0 saturated carbocycles. The number of para-hydroxylation sites is 1. The summed E-state index contributed by atoms with van der Waals surface area (Å²) >= 11 is 1.51. The zero-order chi connectivity index (χ0) is 17.5.